The molecule has 1 N–H and O–H groups in total. The van der Waals surface area contributed by atoms with Gasteiger partial charge in [0.1, 0.15) is 0 Å². The molecule has 2 unspecified atom stereocenters. The fourth-order valence-electron chi connectivity index (χ4n) is 2.34. The van der Waals surface area contributed by atoms with Crippen LogP contribution in [0.1, 0.15) is 25.3 Å². The number of hydrogen-bond donors (Lipinski definition) is 1. The van der Waals surface area contributed by atoms with Gasteiger partial charge in [-0.3, -0.25) is 4.98 Å². The molecule has 0 aromatic carbocycles. The smallest absolute Gasteiger partial charge is 0.0732 e. The van der Waals surface area contributed by atoms with Gasteiger partial charge in [-0.2, -0.15) is 0 Å². The molecule has 2 rings (SSSR count). The van der Waals surface area contributed by atoms with Crippen molar-refractivity contribution >= 4 is 15.9 Å². The molecule has 0 spiro atoms. The zero-order valence-corrected chi connectivity index (χ0v) is 11.7. The average Bonchev–Trinajstić information content (AvgIpc) is 2.82. The lowest BCUT2D eigenvalue weighted by Crippen LogP contribution is -2.41. The molecule has 0 amide bonds. The Hall–Kier alpha value is -0.450. The van der Waals surface area contributed by atoms with Gasteiger partial charge >= 0.3 is 0 Å². The molecule has 1 fully saturated rings. The lowest BCUT2D eigenvalue weighted by atomic mass is 10.0. The Morgan fingerprint density at radius 3 is 3.12 bits per heavy atom. The summed E-state index contributed by atoms with van der Waals surface area (Å²) in [4.78, 5) is 4.21. The monoisotopic (exact) mass is 298 g/mol. The molecule has 1 aliphatic rings. The molecule has 17 heavy (non-hydrogen) atoms. The molecule has 1 aliphatic heterocycles. The van der Waals surface area contributed by atoms with Crippen molar-refractivity contribution in [3.05, 3.63) is 28.5 Å². The van der Waals surface area contributed by atoms with Gasteiger partial charge in [-0.05, 0) is 53.4 Å². The summed E-state index contributed by atoms with van der Waals surface area (Å²) in [6.45, 7) is 4.02. The predicted molar refractivity (Wildman–Crippen MR) is 72.1 cm³/mol. The number of aromatic nitrogens is 1. The largest absolute Gasteiger partial charge is 0.377 e. The summed E-state index contributed by atoms with van der Waals surface area (Å²) in [6.07, 6.45) is 7.43. The van der Waals surface area contributed by atoms with E-state index < -0.39 is 0 Å². The van der Waals surface area contributed by atoms with Gasteiger partial charge in [-0.25, -0.2) is 0 Å². The summed E-state index contributed by atoms with van der Waals surface area (Å²) in [5, 5.41) is 3.52. The van der Waals surface area contributed by atoms with Crippen LogP contribution in [0.5, 0.6) is 0 Å². The van der Waals surface area contributed by atoms with Crippen molar-refractivity contribution in [3.8, 4) is 0 Å². The Balaban J connectivity index is 2.01. The molecule has 2 atom stereocenters. The van der Waals surface area contributed by atoms with Gasteiger partial charge in [0.05, 0.1) is 6.10 Å². The van der Waals surface area contributed by atoms with Crippen molar-refractivity contribution in [1.82, 2.24) is 10.3 Å². The fraction of sp³-hybridized carbons (Fsp3) is 0.615. The van der Waals surface area contributed by atoms with E-state index in [1.54, 1.807) is 0 Å². The third-order valence-corrected chi connectivity index (χ3v) is 3.53. The number of rotatable bonds is 5. The second-order valence-electron chi connectivity index (χ2n) is 4.43. The molecule has 1 saturated heterocycles. The highest BCUT2D eigenvalue weighted by Gasteiger charge is 2.25. The standard InChI is InChI=1S/C13H19BrN2O/c1-2-16-12(13-4-3-5-17-13)7-10-6-11(14)9-15-8-10/h6,8-9,12-13,16H,2-5,7H2,1H3. The lowest BCUT2D eigenvalue weighted by molar-refractivity contribution is 0.0789. The lowest BCUT2D eigenvalue weighted by Gasteiger charge is -2.23. The van der Waals surface area contributed by atoms with Gasteiger partial charge < -0.3 is 10.1 Å². The Morgan fingerprint density at radius 1 is 1.59 bits per heavy atom. The quantitative estimate of drug-likeness (QED) is 0.907. The molecule has 3 nitrogen and oxygen atoms in total. The summed E-state index contributed by atoms with van der Waals surface area (Å²) in [5.74, 6) is 0. The van der Waals surface area contributed by atoms with Crippen LogP contribution in [0.25, 0.3) is 0 Å². The van der Waals surface area contributed by atoms with E-state index in [9.17, 15) is 0 Å². The molecule has 0 aliphatic carbocycles. The van der Waals surface area contributed by atoms with Crippen LogP contribution in [-0.4, -0.2) is 30.3 Å². The first kappa shape index (κ1) is 13.0. The zero-order valence-electron chi connectivity index (χ0n) is 10.2. The summed E-state index contributed by atoms with van der Waals surface area (Å²) >= 11 is 3.46. The van der Waals surface area contributed by atoms with E-state index in [2.05, 4.69) is 39.2 Å². The normalized spacial score (nSPS) is 21.6. The number of hydrogen-bond acceptors (Lipinski definition) is 3. The Bertz CT molecular complexity index is 353. The van der Waals surface area contributed by atoms with Crippen LogP contribution < -0.4 is 5.32 Å². The van der Waals surface area contributed by atoms with Crippen molar-refractivity contribution in [3.63, 3.8) is 0 Å². The number of halogens is 1. The molecule has 1 aromatic heterocycles. The van der Waals surface area contributed by atoms with Gasteiger partial charge in [0, 0.05) is 29.5 Å². The summed E-state index contributed by atoms with van der Waals surface area (Å²) < 4.78 is 6.81. The molecule has 2 heterocycles. The van der Waals surface area contributed by atoms with Gasteiger partial charge in [0.2, 0.25) is 0 Å². The number of pyridine rings is 1. The van der Waals surface area contributed by atoms with Crippen molar-refractivity contribution in [2.45, 2.75) is 38.3 Å². The van der Waals surface area contributed by atoms with Crippen molar-refractivity contribution in [2.24, 2.45) is 0 Å². The van der Waals surface area contributed by atoms with E-state index in [0.29, 0.717) is 12.1 Å². The zero-order chi connectivity index (χ0) is 12.1. The average molecular weight is 299 g/mol. The Labute approximate surface area is 111 Å². The van der Waals surface area contributed by atoms with Crippen molar-refractivity contribution in [2.75, 3.05) is 13.2 Å². The van der Waals surface area contributed by atoms with Gasteiger partial charge in [0.15, 0.2) is 0 Å². The van der Waals surface area contributed by atoms with Gasteiger partial charge in [-0.1, -0.05) is 6.92 Å². The molecule has 0 saturated carbocycles. The van der Waals surface area contributed by atoms with Crippen LogP contribution in [0, 0.1) is 0 Å². The number of nitrogens with zero attached hydrogens (tertiary/aromatic N) is 1. The second kappa shape index (κ2) is 6.47. The van der Waals surface area contributed by atoms with E-state index in [-0.39, 0.29) is 0 Å². The third kappa shape index (κ3) is 3.76. The van der Waals surface area contributed by atoms with Crippen LogP contribution in [0.4, 0.5) is 0 Å². The summed E-state index contributed by atoms with van der Waals surface area (Å²) in [7, 11) is 0. The van der Waals surface area contributed by atoms with E-state index in [4.69, 9.17) is 4.74 Å². The first-order chi connectivity index (χ1) is 8.29. The van der Waals surface area contributed by atoms with E-state index in [1.807, 2.05) is 12.4 Å². The number of likely N-dealkylation sites (N-methyl/N-ethyl adjacent to an activating group) is 1. The van der Waals surface area contributed by atoms with Crippen LogP contribution in [0.15, 0.2) is 22.9 Å². The van der Waals surface area contributed by atoms with Gasteiger partial charge in [0.25, 0.3) is 0 Å². The number of ether oxygens (including phenoxy) is 1. The molecular formula is C13H19BrN2O. The molecule has 4 heteroatoms. The third-order valence-electron chi connectivity index (χ3n) is 3.10. The number of nitrogens with one attached hydrogen (secondary N) is 1. The highest BCUT2D eigenvalue weighted by molar-refractivity contribution is 9.10. The van der Waals surface area contributed by atoms with Crippen molar-refractivity contribution < 1.29 is 4.74 Å². The van der Waals surface area contributed by atoms with E-state index in [1.165, 1.54) is 18.4 Å². The molecule has 0 radical (unpaired) electrons. The minimum Gasteiger partial charge on any atom is -0.377 e. The first-order valence-corrected chi connectivity index (χ1v) is 7.03. The van der Waals surface area contributed by atoms with Crippen LogP contribution in [0.2, 0.25) is 0 Å². The predicted octanol–water partition coefficient (Wildman–Crippen LogP) is 2.54. The molecule has 0 bridgehead atoms. The maximum Gasteiger partial charge on any atom is 0.0732 e. The van der Waals surface area contributed by atoms with Crippen LogP contribution in [-0.2, 0) is 11.2 Å². The van der Waals surface area contributed by atoms with Crippen LogP contribution in [0.3, 0.4) is 0 Å². The first-order valence-electron chi connectivity index (χ1n) is 6.24. The maximum absolute atomic E-state index is 5.78. The van der Waals surface area contributed by atoms with Gasteiger partial charge in [-0.15, -0.1) is 0 Å². The molecular weight excluding hydrogens is 280 g/mol. The molecule has 1 aromatic rings. The highest BCUT2D eigenvalue weighted by Crippen LogP contribution is 2.19. The highest BCUT2D eigenvalue weighted by atomic mass is 79.9. The Morgan fingerprint density at radius 2 is 2.47 bits per heavy atom. The minimum atomic E-state index is 0.355. The summed E-state index contributed by atoms with van der Waals surface area (Å²) in [5.41, 5.74) is 1.25. The maximum atomic E-state index is 5.78. The van der Waals surface area contributed by atoms with Crippen molar-refractivity contribution in [1.29, 1.82) is 0 Å². The second-order valence-corrected chi connectivity index (χ2v) is 5.35. The van der Waals surface area contributed by atoms with Crippen LogP contribution >= 0.6 is 15.9 Å². The van der Waals surface area contributed by atoms with E-state index in [0.717, 1.165) is 24.0 Å². The minimum absolute atomic E-state index is 0.355. The SMILES string of the molecule is CCNC(Cc1cncc(Br)c1)C1CCCO1. The summed E-state index contributed by atoms with van der Waals surface area (Å²) in [6, 6.07) is 2.53. The Kier molecular flexibility index (Phi) is 4.95. The fourth-order valence-corrected chi connectivity index (χ4v) is 2.75. The topological polar surface area (TPSA) is 34.2 Å². The molecule has 94 valence electrons. The van der Waals surface area contributed by atoms with E-state index >= 15 is 0 Å².